The monoisotopic (exact) mass is 879 g/mol. The van der Waals surface area contributed by atoms with E-state index in [1.807, 2.05) is 24.4 Å². The fourth-order valence-electron chi connectivity index (χ4n) is 6.56. The minimum absolute atomic E-state index is 0. The second kappa shape index (κ2) is 15.8. The zero-order valence-corrected chi connectivity index (χ0v) is 35.6. The van der Waals surface area contributed by atoms with E-state index in [0.717, 1.165) is 50.0 Å². The summed E-state index contributed by atoms with van der Waals surface area (Å²) < 4.78 is 6.38. The molecule has 0 bridgehead atoms. The first-order chi connectivity index (χ1) is 24.2. The zero-order valence-electron chi connectivity index (χ0n) is 32.2. The van der Waals surface area contributed by atoms with Gasteiger partial charge >= 0.3 is 0 Å². The van der Waals surface area contributed by atoms with Crippen LogP contribution in [-0.4, -0.2) is 18.0 Å². The van der Waals surface area contributed by atoms with Gasteiger partial charge in [-0.05, 0) is 64.0 Å². The Hall–Kier alpha value is -4.15. The number of furan rings is 1. The topological polar surface area (TPSA) is 38.9 Å². The Labute approximate surface area is 325 Å². The van der Waals surface area contributed by atoms with Crippen LogP contribution in [0.15, 0.2) is 114 Å². The van der Waals surface area contributed by atoms with Crippen molar-refractivity contribution in [1.82, 2.24) is 9.97 Å². The van der Waals surface area contributed by atoms with Crippen LogP contribution in [0.25, 0.3) is 55.6 Å². The van der Waals surface area contributed by atoms with Gasteiger partial charge in [0.1, 0.15) is 5.58 Å². The Morgan fingerprint density at radius 3 is 2.13 bits per heavy atom. The van der Waals surface area contributed by atoms with Gasteiger partial charge in [0.05, 0.1) is 13.7 Å². The first kappa shape index (κ1) is 39.1. The number of hydrogen-bond donors (Lipinski definition) is 0. The predicted molar refractivity (Wildman–Crippen MR) is 219 cm³/mol. The van der Waals surface area contributed by atoms with Crippen LogP contribution in [0.5, 0.6) is 0 Å². The summed E-state index contributed by atoms with van der Waals surface area (Å²) in [5, 5.41) is 3.66. The SMILES string of the molecule is CC(C)C(C)c1ccnc(-c2[c-]ccc3c2oc2cc(-c4ccccc4)ccc23)c1.Cc1cc(-c2[c-]ccc(C(C)(C)C)c2)ncc1[Si](C)(C)C.[Ir]. The van der Waals surface area contributed by atoms with Gasteiger partial charge in [0.25, 0.3) is 0 Å². The molecule has 269 valence electrons. The van der Waals surface area contributed by atoms with Crippen molar-refractivity contribution in [3.63, 3.8) is 0 Å². The molecule has 1 atom stereocenters. The molecule has 3 nitrogen and oxygen atoms in total. The summed E-state index contributed by atoms with van der Waals surface area (Å²) in [5.74, 6) is 1.04. The van der Waals surface area contributed by atoms with Crippen molar-refractivity contribution in [1.29, 1.82) is 0 Å². The number of hydrogen-bond acceptors (Lipinski definition) is 3. The van der Waals surface area contributed by atoms with E-state index in [1.54, 1.807) is 0 Å². The van der Waals surface area contributed by atoms with Crippen LogP contribution in [-0.2, 0) is 25.5 Å². The first-order valence-electron chi connectivity index (χ1n) is 18.1. The van der Waals surface area contributed by atoms with E-state index in [9.17, 15) is 0 Å². The minimum atomic E-state index is -1.32. The molecule has 0 saturated carbocycles. The minimum Gasteiger partial charge on any atom is -0.501 e. The number of rotatable bonds is 6. The molecule has 0 N–H and O–H groups in total. The molecule has 0 fully saturated rings. The van der Waals surface area contributed by atoms with Crippen LogP contribution < -0.4 is 5.19 Å². The van der Waals surface area contributed by atoms with Crippen molar-refractivity contribution in [2.45, 2.75) is 79.4 Å². The molecule has 7 aromatic rings. The van der Waals surface area contributed by atoms with Crippen molar-refractivity contribution in [2.24, 2.45) is 5.92 Å². The second-order valence-electron chi connectivity index (χ2n) is 16.2. The molecule has 52 heavy (non-hydrogen) atoms. The fourth-order valence-corrected chi connectivity index (χ4v) is 8.27. The Bertz CT molecular complexity index is 2290. The molecule has 4 aromatic carbocycles. The van der Waals surface area contributed by atoms with Crippen LogP contribution in [0.2, 0.25) is 19.6 Å². The van der Waals surface area contributed by atoms with Crippen molar-refractivity contribution in [3.8, 4) is 33.6 Å². The average molecular weight is 879 g/mol. The van der Waals surface area contributed by atoms with Gasteiger partial charge in [-0.15, -0.1) is 53.6 Å². The van der Waals surface area contributed by atoms with Crippen LogP contribution in [0.4, 0.5) is 0 Å². The maximum atomic E-state index is 6.38. The summed E-state index contributed by atoms with van der Waals surface area (Å²) >= 11 is 0. The third-order valence-corrected chi connectivity index (χ3v) is 12.1. The van der Waals surface area contributed by atoms with Gasteiger partial charge in [0.15, 0.2) is 0 Å². The molecular formula is C47H50IrN2OSi-2. The summed E-state index contributed by atoms with van der Waals surface area (Å²) in [6.07, 6.45) is 3.97. The molecule has 0 aliphatic heterocycles. The van der Waals surface area contributed by atoms with Gasteiger partial charge in [-0.1, -0.05) is 138 Å². The van der Waals surface area contributed by atoms with E-state index in [2.05, 4.69) is 170 Å². The number of fused-ring (bicyclic) bond motifs is 3. The van der Waals surface area contributed by atoms with Gasteiger partial charge in [0, 0.05) is 37.9 Å². The largest absolute Gasteiger partial charge is 0.501 e. The molecule has 5 heteroatoms. The molecule has 7 rings (SSSR count). The Morgan fingerprint density at radius 2 is 1.46 bits per heavy atom. The third-order valence-electron chi connectivity index (χ3n) is 9.97. The number of aryl methyl sites for hydroxylation is 1. The maximum absolute atomic E-state index is 6.38. The molecule has 0 aliphatic carbocycles. The summed E-state index contributed by atoms with van der Waals surface area (Å²) in [4.78, 5) is 9.35. The van der Waals surface area contributed by atoms with Crippen LogP contribution >= 0.6 is 0 Å². The van der Waals surface area contributed by atoms with Gasteiger partial charge in [-0.25, -0.2) is 0 Å². The Kier molecular flexibility index (Phi) is 11.9. The van der Waals surface area contributed by atoms with E-state index in [-0.39, 0.29) is 25.5 Å². The second-order valence-corrected chi connectivity index (χ2v) is 21.2. The number of nitrogens with zero attached hydrogens (tertiary/aromatic N) is 2. The summed E-state index contributed by atoms with van der Waals surface area (Å²) in [6, 6.07) is 40.5. The summed E-state index contributed by atoms with van der Waals surface area (Å²) in [6.45, 7) is 22.8. The van der Waals surface area contributed by atoms with Gasteiger partial charge in [0.2, 0.25) is 0 Å². The van der Waals surface area contributed by atoms with Crippen molar-refractivity contribution >= 4 is 35.2 Å². The van der Waals surface area contributed by atoms with Crippen molar-refractivity contribution < 1.29 is 24.5 Å². The van der Waals surface area contributed by atoms with Gasteiger partial charge < -0.3 is 14.4 Å². The molecule has 0 spiro atoms. The summed E-state index contributed by atoms with van der Waals surface area (Å²) in [5.41, 5.74) is 12.1. The Morgan fingerprint density at radius 1 is 0.731 bits per heavy atom. The number of aromatic nitrogens is 2. The smallest absolute Gasteiger partial charge is 0.121 e. The number of pyridine rings is 2. The number of benzene rings is 4. The molecule has 1 radical (unpaired) electrons. The zero-order chi connectivity index (χ0) is 36.5. The third kappa shape index (κ3) is 8.55. The first-order valence-corrected chi connectivity index (χ1v) is 21.6. The van der Waals surface area contributed by atoms with Crippen LogP contribution in [0.1, 0.15) is 64.2 Å². The van der Waals surface area contributed by atoms with E-state index < -0.39 is 8.07 Å². The average Bonchev–Trinajstić information content (AvgIpc) is 3.49. The van der Waals surface area contributed by atoms with Crippen LogP contribution in [0.3, 0.4) is 0 Å². The Balaban J connectivity index is 0.000000210. The quantitative estimate of drug-likeness (QED) is 0.123. The van der Waals surface area contributed by atoms with E-state index in [0.29, 0.717) is 11.8 Å². The van der Waals surface area contributed by atoms with E-state index >= 15 is 0 Å². The molecule has 0 saturated heterocycles. The maximum Gasteiger partial charge on any atom is 0.121 e. The molecule has 3 heterocycles. The molecular weight excluding hydrogens is 829 g/mol. The predicted octanol–water partition coefficient (Wildman–Crippen LogP) is 12.6. The van der Waals surface area contributed by atoms with Gasteiger partial charge in [-0.3, -0.25) is 0 Å². The molecule has 1 unspecified atom stereocenters. The van der Waals surface area contributed by atoms with E-state index in [4.69, 9.17) is 9.40 Å². The normalized spacial score (nSPS) is 12.4. The molecule has 0 amide bonds. The standard InChI is InChI=1S/C28H24NO.C19H26NSi.Ir/c1-18(2)19(3)21-14-15-29-26(16-21)25-11-7-10-24-23-13-12-22(17-27(23)30-28(24)25)20-8-5-4-6-9-20;1-14-11-17(20-13-18(14)21(5,6)7)15-9-8-10-16(12-15)19(2,3)4;/h4-10,12-19H,1-3H3;8,10-13H,1-7H3;/q2*-1;. The molecule has 3 aromatic heterocycles. The molecule has 0 aliphatic rings. The van der Waals surface area contributed by atoms with E-state index in [1.165, 1.54) is 27.4 Å². The van der Waals surface area contributed by atoms with Crippen LogP contribution in [0, 0.1) is 25.0 Å². The van der Waals surface area contributed by atoms with Crippen molar-refractivity contribution in [3.05, 3.63) is 138 Å². The summed E-state index contributed by atoms with van der Waals surface area (Å²) in [7, 11) is -1.32. The fraction of sp³-hybridized carbons (Fsp3) is 0.277. The van der Waals surface area contributed by atoms with Gasteiger partial charge in [-0.2, -0.15) is 0 Å². The van der Waals surface area contributed by atoms with Crippen molar-refractivity contribution in [2.75, 3.05) is 0 Å².